The van der Waals surface area contributed by atoms with Crippen molar-refractivity contribution in [3.05, 3.63) is 108 Å². The van der Waals surface area contributed by atoms with Gasteiger partial charge in [0.05, 0.1) is 0 Å². The fourth-order valence-electron chi connectivity index (χ4n) is 6.61. The van der Waals surface area contributed by atoms with Crippen LogP contribution in [0, 0.1) is 11.8 Å². The third kappa shape index (κ3) is 5.77. The Bertz CT molecular complexity index is 1290. The Kier molecular flexibility index (Phi) is 8.53. The Balaban J connectivity index is 1.34. The van der Waals surface area contributed by atoms with E-state index in [0.29, 0.717) is 32.5 Å². The summed E-state index contributed by atoms with van der Waals surface area (Å²) in [6.07, 6.45) is 5.00. The number of fused-ring (bicyclic) bond motifs is 1. The van der Waals surface area contributed by atoms with E-state index in [1.807, 2.05) is 35.2 Å². The lowest BCUT2D eigenvalue weighted by molar-refractivity contribution is -0.146. The van der Waals surface area contributed by atoms with Crippen molar-refractivity contribution in [2.75, 3.05) is 13.2 Å². The Morgan fingerprint density at radius 1 is 0.825 bits per heavy atom. The van der Waals surface area contributed by atoms with Crippen molar-refractivity contribution in [2.24, 2.45) is 11.8 Å². The summed E-state index contributed by atoms with van der Waals surface area (Å²) in [6.45, 7) is 8.73. The van der Waals surface area contributed by atoms with Crippen LogP contribution in [0.25, 0.3) is 0 Å². The number of ketones is 1. The van der Waals surface area contributed by atoms with Crippen molar-refractivity contribution in [1.82, 2.24) is 4.90 Å². The highest BCUT2D eigenvalue weighted by atomic mass is 28.4. The van der Waals surface area contributed by atoms with Crippen molar-refractivity contribution in [3.8, 4) is 0 Å². The largest absolute Gasteiger partial charge is 0.407 e. The minimum absolute atomic E-state index is 0.00818. The first-order chi connectivity index (χ1) is 19.3. The van der Waals surface area contributed by atoms with Crippen LogP contribution in [0.3, 0.4) is 0 Å². The van der Waals surface area contributed by atoms with Crippen LogP contribution in [0.2, 0.25) is 5.04 Å². The highest BCUT2D eigenvalue weighted by molar-refractivity contribution is 6.99. The van der Waals surface area contributed by atoms with Crippen molar-refractivity contribution < 1.29 is 14.0 Å². The number of piperidine rings is 1. The molecule has 40 heavy (non-hydrogen) atoms. The minimum Gasteiger partial charge on any atom is -0.407 e. The number of carbonyl (C=O) groups excluding carboxylic acids is 2. The third-order valence-electron chi connectivity index (χ3n) is 8.60. The van der Waals surface area contributed by atoms with Crippen LogP contribution in [-0.2, 0) is 20.6 Å². The Hall–Kier alpha value is -3.28. The van der Waals surface area contributed by atoms with E-state index in [2.05, 4.69) is 87.5 Å². The van der Waals surface area contributed by atoms with Gasteiger partial charge in [-0.15, -0.1) is 0 Å². The van der Waals surface area contributed by atoms with Gasteiger partial charge < -0.3 is 9.33 Å². The van der Waals surface area contributed by atoms with Crippen molar-refractivity contribution in [1.29, 1.82) is 0 Å². The molecule has 1 amide bonds. The molecule has 0 saturated carbocycles. The molecule has 2 aliphatic rings. The van der Waals surface area contributed by atoms with Gasteiger partial charge in [0.25, 0.3) is 8.32 Å². The molecule has 208 valence electrons. The summed E-state index contributed by atoms with van der Waals surface area (Å²) < 4.78 is 7.12. The summed E-state index contributed by atoms with van der Waals surface area (Å²) in [7, 11) is -2.61. The lowest BCUT2D eigenvalue weighted by Gasteiger charge is -2.43. The summed E-state index contributed by atoms with van der Waals surface area (Å²) in [5.41, 5.74) is 2.36. The first-order valence-corrected chi connectivity index (χ1v) is 16.5. The predicted molar refractivity (Wildman–Crippen MR) is 164 cm³/mol. The van der Waals surface area contributed by atoms with Gasteiger partial charge in [-0.25, -0.2) is 0 Å². The molecule has 1 aliphatic carbocycles. The summed E-state index contributed by atoms with van der Waals surface area (Å²) in [5, 5.41) is 2.47. The van der Waals surface area contributed by atoms with E-state index >= 15 is 0 Å². The van der Waals surface area contributed by atoms with E-state index in [0.717, 1.165) is 18.4 Å². The number of likely N-dealkylation sites (tertiary alicyclic amines) is 1. The number of Topliss-reactive ketones (excluding diaryl/α,β-unsaturated/α-hetero) is 1. The van der Waals surface area contributed by atoms with Gasteiger partial charge in [0, 0.05) is 26.1 Å². The number of amides is 1. The van der Waals surface area contributed by atoms with Crippen LogP contribution < -0.4 is 10.4 Å². The number of hydrogen-bond acceptors (Lipinski definition) is 3. The SMILES string of the molecule is CC(C)(C)[Si](OCCC1=C[C@@H]2CCN(Cc3ccccc3)C(=O)C2C(=O)CC1)(c1ccccc1)c1ccccc1. The Morgan fingerprint density at radius 2 is 1.40 bits per heavy atom. The van der Waals surface area contributed by atoms with Gasteiger partial charge in [-0.2, -0.15) is 0 Å². The van der Waals surface area contributed by atoms with Gasteiger partial charge >= 0.3 is 0 Å². The van der Waals surface area contributed by atoms with E-state index in [1.165, 1.54) is 15.9 Å². The van der Waals surface area contributed by atoms with Crippen molar-refractivity contribution >= 4 is 30.4 Å². The zero-order chi connectivity index (χ0) is 28.2. The van der Waals surface area contributed by atoms with Gasteiger partial charge in [0.15, 0.2) is 0 Å². The van der Waals surface area contributed by atoms with Gasteiger partial charge in [0.2, 0.25) is 5.91 Å². The Labute approximate surface area is 240 Å². The van der Waals surface area contributed by atoms with E-state index in [-0.39, 0.29) is 22.6 Å². The van der Waals surface area contributed by atoms with Crippen LogP contribution in [0.5, 0.6) is 0 Å². The van der Waals surface area contributed by atoms with E-state index in [9.17, 15) is 9.59 Å². The van der Waals surface area contributed by atoms with E-state index < -0.39 is 14.2 Å². The second-order valence-corrected chi connectivity index (χ2v) is 16.5. The van der Waals surface area contributed by atoms with Crippen molar-refractivity contribution in [3.63, 3.8) is 0 Å². The molecule has 1 aliphatic heterocycles. The molecule has 1 fully saturated rings. The standard InChI is InChI=1S/C35H41NO3Si/c1-35(2,3)40(30-15-9-5-10-16-30,31-17-11-6-12-18-31)39-24-22-27-19-20-32(37)33-29(25-27)21-23-36(34(33)38)26-28-13-7-4-8-14-28/h4-18,25,29,33H,19-24,26H2,1-3H3/t29-,33?/m0/s1. The highest BCUT2D eigenvalue weighted by Crippen LogP contribution is 2.38. The quantitative estimate of drug-likeness (QED) is 0.199. The highest BCUT2D eigenvalue weighted by Gasteiger charge is 2.50. The van der Waals surface area contributed by atoms with E-state index in [4.69, 9.17) is 4.43 Å². The van der Waals surface area contributed by atoms with Crippen LogP contribution in [-0.4, -0.2) is 38.1 Å². The molecule has 5 rings (SSSR count). The number of nitrogens with zero attached hydrogens (tertiary/aromatic N) is 1. The van der Waals surface area contributed by atoms with E-state index in [1.54, 1.807) is 0 Å². The molecule has 0 aromatic heterocycles. The summed E-state index contributed by atoms with van der Waals surface area (Å²) >= 11 is 0. The molecular weight excluding hydrogens is 510 g/mol. The normalized spacial score (nSPS) is 20.1. The maximum atomic E-state index is 13.5. The molecule has 3 aromatic rings. The molecule has 5 heteroatoms. The maximum absolute atomic E-state index is 13.5. The second kappa shape index (κ2) is 12.1. The summed E-state index contributed by atoms with van der Waals surface area (Å²) in [6, 6.07) is 31.5. The van der Waals surface area contributed by atoms with Gasteiger partial charge in [0.1, 0.15) is 11.7 Å². The third-order valence-corrected chi connectivity index (χ3v) is 13.6. The lowest BCUT2D eigenvalue weighted by Crippen LogP contribution is -2.66. The monoisotopic (exact) mass is 551 g/mol. The minimum atomic E-state index is -2.61. The lowest BCUT2D eigenvalue weighted by atomic mass is 9.81. The molecule has 3 aromatic carbocycles. The topological polar surface area (TPSA) is 46.6 Å². The van der Waals surface area contributed by atoms with Gasteiger partial charge in [-0.3, -0.25) is 9.59 Å². The molecule has 0 bridgehead atoms. The van der Waals surface area contributed by atoms with Crippen LogP contribution in [0.1, 0.15) is 52.0 Å². The molecule has 2 atom stereocenters. The molecule has 1 heterocycles. The molecule has 0 N–H and O–H groups in total. The zero-order valence-electron chi connectivity index (χ0n) is 24.0. The van der Waals surface area contributed by atoms with Gasteiger partial charge in [-0.1, -0.05) is 123 Å². The summed E-state index contributed by atoms with van der Waals surface area (Å²) in [4.78, 5) is 28.6. The smallest absolute Gasteiger partial charge is 0.261 e. The molecule has 1 unspecified atom stereocenters. The molecular formula is C35H41NO3Si. The fraction of sp³-hybridized carbons (Fsp3) is 0.371. The maximum Gasteiger partial charge on any atom is 0.261 e. The number of rotatable bonds is 8. The number of hydrogen-bond donors (Lipinski definition) is 0. The number of allylic oxidation sites excluding steroid dienone is 1. The van der Waals surface area contributed by atoms with Crippen LogP contribution >= 0.6 is 0 Å². The molecule has 1 saturated heterocycles. The predicted octanol–water partition coefficient (Wildman–Crippen LogP) is 5.91. The molecule has 4 nitrogen and oxygen atoms in total. The number of benzene rings is 3. The molecule has 0 spiro atoms. The summed E-state index contributed by atoms with van der Waals surface area (Å²) in [5.74, 6) is -0.483. The molecule has 0 radical (unpaired) electrons. The average Bonchev–Trinajstić information content (AvgIpc) is 3.12. The first kappa shape index (κ1) is 28.3. The average molecular weight is 552 g/mol. The van der Waals surface area contributed by atoms with Gasteiger partial charge in [-0.05, 0) is 46.2 Å². The van der Waals surface area contributed by atoms with Crippen LogP contribution in [0.4, 0.5) is 0 Å². The second-order valence-electron chi connectivity index (χ2n) is 12.2. The fourth-order valence-corrected chi connectivity index (χ4v) is 11.2. The Morgan fingerprint density at radius 3 is 1.98 bits per heavy atom. The van der Waals surface area contributed by atoms with Crippen LogP contribution in [0.15, 0.2) is 103 Å². The first-order valence-electron chi connectivity index (χ1n) is 14.6. The zero-order valence-corrected chi connectivity index (χ0v) is 25.0. The number of carbonyl (C=O) groups is 2. The van der Waals surface area contributed by atoms with Crippen molar-refractivity contribution in [2.45, 2.75) is 58.0 Å².